The zero-order valence-electron chi connectivity index (χ0n) is 21.7. The summed E-state index contributed by atoms with van der Waals surface area (Å²) in [5.41, 5.74) is 0.699. The molecule has 0 saturated heterocycles. The van der Waals surface area contributed by atoms with E-state index in [1.807, 2.05) is 43.5 Å². The molecule has 2 N–H and O–H groups in total. The van der Waals surface area contributed by atoms with Crippen LogP contribution in [0.2, 0.25) is 31.0 Å². The molecule has 0 atom stereocenters. The van der Waals surface area contributed by atoms with Gasteiger partial charge in [-0.25, -0.2) is 9.78 Å². The van der Waals surface area contributed by atoms with E-state index in [1.54, 1.807) is 6.26 Å². The maximum absolute atomic E-state index is 11.9. The summed E-state index contributed by atoms with van der Waals surface area (Å²) in [6.07, 6.45) is 1.10. The van der Waals surface area contributed by atoms with Crippen LogP contribution in [-0.4, -0.2) is 47.5 Å². The molecule has 0 radical (unpaired) electrons. The van der Waals surface area contributed by atoms with Gasteiger partial charge in [0.2, 0.25) is 5.28 Å². The maximum atomic E-state index is 11.9. The van der Waals surface area contributed by atoms with Gasteiger partial charge in [0.1, 0.15) is 29.6 Å². The van der Waals surface area contributed by atoms with E-state index in [2.05, 4.69) is 52.1 Å². The van der Waals surface area contributed by atoms with Crippen LogP contribution in [0, 0.1) is 11.8 Å². The zero-order chi connectivity index (χ0) is 26.3. The van der Waals surface area contributed by atoms with Crippen molar-refractivity contribution in [2.45, 2.75) is 65.3 Å². The van der Waals surface area contributed by atoms with Crippen LogP contribution in [0.4, 0.5) is 10.6 Å². The third kappa shape index (κ3) is 8.59. The van der Waals surface area contributed by atoms with Crippen molar-refractivity contribution >= 4 is 42.6 Å². The minimum atomic E-state index is -1.24. The molecule has 1 amide bonds. The molecule has 0 aliphatic heterocycles. The van der Waals surface area contributed by atoms with Gasteiger partial charge in [0, 0.05) is 14.7 Å². The predicted molar refractivity (Wildman–Crippen MR) is 144 cm³/mol. The van der Waals surface area contributed by atoms with Crippen molar-refractivity contribution in [1.82, 2.24) is 19.9 Å². The first-order valence-electron chi connectivity index (χ1n) is 11.8. The Morgan fingerprint density at radius 3 is 2.72 bits per heavy atom. The molecule has 11 heteroatoms. The smallest absolute Gasteiger partial charge is 0.408 e. The first-order chi connectivity index (χ1) is 16.9. The molecule has 0 aliphatic carbocycles. The molecule has 0 spiro atoms. The van der Waals surface area contributed by atoms with Crippen LogP contribution in [-0.2, 0) is 22.7 Å². The van der Waals surface area contributed by atoms with Crippen LogP contribution in [0.5, 0.6) is 0 Å². The van der Waals surface area contributed by atoms with Gasteiger partial charge in [-0.3, -0.25) is 4.57 Å². The second kappa shape index (κ2) is 11.8. The summed E-state index contributed by atoms with van der Waals surface area (Å²) in [5, 5.41) is 6.77. The highest BCUT2D eigenvalue weighted by molar-refractivity contribution is 6.76. The monoisotopic (exact) mass is 531 g/mol. The van der Waals surface area contributed by atoms with Crippen molar-refractivity contribution in [3.63, 3.8) is 0 Å². The Bertz CT molecular complexity index is 1230. The fourth-order valence-electron chi connectivity index (χ4n) is 3.15. The number of ether oxygens (including phenoxy) is 2. The number of rotatable bonds is 9. The third-order valence-electron chi connectivity index (χ3n) is 4.89. The molecule has 36 heavy (non-hydrogen) atoms. The van der Waals surface area contributed by atoms with Crippen LogP contribution in [0.25, 0.3) is 11.0 Å². The number of alkyl carbamates (subject to hydrolysis) is 1. The second-order valence-corrected chi connectivity index (χ2v) is 16.4. The van der Waals surface area contributed by atoms with Crippen molar-refractivity contribution in [2.75, 3.05) is 18.5 Å². The average Bonchev–Trinajstić information content (AvgIpc) is 3.39. The Hall–Kier alpha value is -3.00. The molecule has 3 aromatic rings. The second-order valence-electron chi connectivity index (χ2n) is 10.5. The lowest BCUT2D eigenvalue weighted by atomic mass is 10.2. The third-order valence-corrected chi connectivity index (χ3v) is 6.76. The minimum absolute atomic E-state index is 0.108. The summed E-state index contributed by atoms with van der Waals surface area (Å²) in [6, 6.07) is 6.63. The Kier molecular flexibility index (Phi) is 9.06. The summed E-state index contributed by atoms with van der Waals surface area (Å²) in [4.78, 5) is 20.7. The first kappa shape index (κ1) is 27.6. The van der Waals surface area contributed by atoms with Crippen LogP contribution >= 0.6 is 11.6 Å². The number of hydrogen-bond acceptors (Lipinski definition) is 7. The van der Waals surface area contributed by atoms with Crippen LogP contribution < -0.4 is 10.6 Å². The number of halogens is 1. The highest BCUT2D eigenvalue weighted by Gasteiger charge is 2.17. The molecule has 9 nitrogen and oxygen atoms in total. The summed E-state index contributed by atoms with van der Waals surface area (Å²) >= 11 is 6.27. The van der Waals surface area contributed by atoms with E-state index in [-0.39, 0.29) is 18.6 Å². The predicted octanol–water partition coefficient (Wildman–Crippen LogP) is 5.48. The number of nitrogens with one attached hydrogen (secondary N) is 2. The van der Waals surface area contributed by atoms with Gasteiger partial charge in [-0.1, -0.05) is 25.6 Å². The Morgan fingerprint density at radius 1 is 1.28 bits per heavy atom. The fourth-order valence-corrected chi connectivity index (χ4v) is 4.07. The lowest BCUT2D eigenvalue weighted by molar-refractivity contribution is 0.0535. The number of fused-ring (bicyclic) bond motifs is 1. The SMILES string of the molecule is CC(C)(C)OC(=O)NCC#Cc1cc2c(NCc3ccco3)nc(Cl)nc2n1COCC[Si](C)(C)C. The number of aromatic nitrogens is 3. The molecule has 3 aromatic heterocycles. The molecule has 0 bridgehead atoms. The van der Waals surface area contributed by atoms with E-state index in [0.717, 1.165) is 17.2 Å². The van der Waals surface area contributed by atoms with Crippen LogP contribution in [0.3, 0.4) is 0 Å². The Labute approximate surface area is 217 Å². The number of nitrogens with zero attached hydrogens (tertiary/aromatic N) is 3. The molecule has 194 valence electrons. The molecule has 3 heterocycles. The molecule has 0 saturated carbocycles. The summed E-state index contributed by atoms with van der Waals surface area (Å²) < 4.78 is 18.5. The molecule has 3 rings (SSSR count). The molecule has 0 aliphatic rings. The standard InChI is InChI=1S/C25H34ClN5O4Si/c1-25(2,3)35-24(32)27-11-7-9-18-15-20-21(28-16-19-10-8-12-34-19)29-23(26)30-22(20)31(18)17-33-13-14-36(4,5)6/h8,10,12,15H,11,13-14,16-17H2,1-6H3,(H,27,32)(H,28,29,30). The quantitative estimate of drug-likeness (QED) is 0.163. The topological polar surface area (TPSA) is 103 Å². The van der Waals surface area contributed by atoms with E-state index >= 15 is 0 Å². The molecular weight excluding hydrogens is 498 g/mol. The zero-order valence-corrected chi connectivity index (χ0v) is 23.5. The summed E-state index contributed by atoms with van der Waals surface area (Å²) in [6.45, 7) is 13.8. The molecule has 0 fully saturated rings. The van der Waals surface area contributed by atoms with Crippen molar-refractivity contribution in [3.8, 4) is 11.8 Å². The maximum Gasteiger partial charge on any atom is 0.408 e. The largest absolute Gasteiger partial charge is 0.467 e. The van der Waals surface area contributed by atoms with Gasteiger partial charge in [0.05, 0.1) is 30.4 Å². The number of furan rings is 1. The van der Waals surface area contributed by atoms with Gasteiger partial charge in [-0.15, -0.1) is 0 Å². The van der Waals surface area contributed by atoms with E-state index in [4.69, 9.17) is 25.5 Å². The lowest BCUT2D eigenvalue weighted by Gasteiger charge is -2.19. The summed E-state index contributed by atoms with van der Waals surface area (Å²) in [7, 11) is -1.24. The molecular formula is C25H34ClN5O4Si. The number of anilines is 1. The normalized spacial score (nSPS) is 11.8. The van der Waals surface area contributed by atoms with Crippen molar-refractivity contribution in [1.29, 1.82) is 0 Å². The van der Waals surface area contributed by atoms with Gasteiger partial charge in [-0.2, -0.15) is 4.98 Å². The van der Waals surface area contributed by atoms with Crippen LogP contribution in [0.1, 0.15) is 32.2 Å². The van der Waals surface area contributed by atoms with Crippen LogP contribution in [0.15, 0.2) is 28.9 Å². The van der Waals surface area contributed by atoms with E-state index in [9.17, 15) is 4.79 Å². The summed E-state index contributed by atoms with van der Waals surface area (Å²) in [5.74, 6) is 7.41. The van der Waals surface area contributed by atoms with Gasteiger partial charge in [0.15, 0.2) is 0 Å². The fraction of sp³-hybridized carbons (Fsp3) is 0.480. The number of carbonyl (C=O) groups is 1. The minimum Gasteiger partial charge on any atom is -0.467 e. The van der Waals surface area contributed by atoms with Crippen molar-refractivity contribution in [3.05, 3.63) is 41.2 Å². The first-order valence-corrected chi connectivity index (χ1v) is 15.9. The van der Waals surface area contributed by atoms with Gasteiger partial charge < -0.3 is 24.5 Å². The molecule has 0 aromatic carbocycles. The van der Waals surface area contributed by atoms with E-state index in [0.29, 0.717) is 30.3 Å². The highest BCUT2D eigenvalue weighted by atomic mass is 35.5. The van der Waals surface area contributed by atoms with Crippen molar-refractivity contribution in [2.24, 2.45) is 0 Å². The number of hydrogen-bond donors (Lipinski definition) is 2. The molecule has 0 unspecified atom stereocenters. The van der Waals surface area contributed by atoms with Gasteiger partial charge in [-0.05, 0) is 62.5 Å². The number of amides is 1. The Morgan fingerprint density at radius 2 is 2.06 bits per heavy atom. The highest BCUT2D eigenvalue weighted by Crippen LogP contribution is 2.26. The van der Waals surface area contributed by atoms with Gasteiger partial charge >= 0.3 is 6.09 Å². The number of carbonyl (C=O) groups excluding carboxylic acids is 1. The van der Waals surface area contributed by atoms with E-state index < -0.39 is 19.8 Å². The Balaban J connectivity index is 1.84. The average molecular weight is 532 g/mol. The van der Waals surface area contributed by atoms with E-state index in [1.165, 1.54) is 0 Å². The van der Waals surface area contributed by atoms with Crippen molar-refractivity contribution < 1.29 is 18.7 Å². The lowest BCUT2D eigenvalue weighted by Crippen LogP contribution is -2.32. The van der Waals surface area contributed by atoms with Gasteiger partial charge in [0.25, 0.3) is 0 Å².